The van der Waals surface area contributed by atoms with Crippen LogP contribution < -0.4 is 10.6 Å². The highest BCUT2D eigenvalue weighted by Crippen LogP contribution is 2.26. The number of aromatic nitrogens is 1. The zero-order valence-electron chi connectivity index (χ0n) is 22.0. The zero-order chi connectivity index (χ0) is 26.7. The molecule has 3 amide bonds. The SMILES string of the molecule is CC[C@@H]([C@@H](CC(C)C)C(=O)N[C@H](C(=O)Nc1nccs1)C(C)(OC)OC)N(C=O)OC1CCCCO1. The quantitative estimate of drug-likeness (QED) is 0.202. The number of ether oxygens (including phenoxy) is 3. The van der Waals surface area contributed by atoms with E-state index < -0.39 is 41.9 Å². The predicted octanol–water partition coefficient (Wildman–Crippen LogP) is 2.93. The van der Waals surface area contributed by atoms with E-state index in [9.17, 15) is 14.4 Å². The molecule has 1 aliphatic heterocycles. The first-order valence-electron chi connectivity index (χ1n) is 12.3. The third kappa shape index (κ3) is 8.20. The Kier molecular flexibility index (Phi) is 12.2. The summed E-state index contributed by atoms with van der Waals surface area (Å²) in [4.78, 5) is 49.0. The summed E-state index contributed by atoms with van der Waals surface area (Å²) in [6.07, 6.45) is 5.08. The van der Waals surface area contributed by atoms with Crippen molar-refractivity contribution in [3.05, 3.63) is 11.6 Å². The third-order valence-corrected chi connectivity index (χ3v) is 6.99. The monoisotopic (exact) mass is 528 g/mol. The largest absolute Gasteiger partial charge is 0.351 e. The minimum absolute atomic E-state index is 0.132. The second-order valence-electron chi connectivity index (χ2n) is 9.27. The Labute approximate surface area is 217 Å². The van der Waals surface area contributed by atoms with Crippen LogP contribution in [0.15, 0.2) is 11.6 Å². The molecule has 11 nitrogen and oxygen atoms in total. The van der Waals surface area contributed by atoms with Gasteiger partial charge in [-0.2, -0.15) is 0 Å². The van der Waals surface area contributed by atoms with Gasteiger partial charge in [0.25, 0.3) is 5.91 Å². The van der Waals surface area contributed by atoms with Gasteiger partial charge in [0.05, 0.1) is 12.0 Å². The maximum atomic E-state index is 13.7. The first kappa shape index (κ1) is 30.1. The summed E-state index contributed by atoms with van der Waals surface area (Å²) in [5, 5.41) is 8.82. The molecule has 0 aromatic carbocycles. The van der Waals surface area contributed by atoms with Gasteiger partial charge in [-0.15, -0.1) is 11.3 Å². The van der Waals surface area contributed by atoms with E-state index in [1.165, 1.54) is 30.6 Å². The van der Waals surface area contributed by atoms with E-state index in [4.69, 9.17) is 19.0 Å². The van der Waals surface area contributed by atoms with Crippen molar-refractivity contribution in [3.63, 3.8) is 0 Å². The number of hydrogen-bond acceptors (Lipinski definition) is 9. The summed E-state index contributed by atoms with van der Waals surface area (Å²) in [6.45, 7) is 7.99. The van der Waals surface area contributed by atoms with Crippen molar-refractivity contribution in [2.24, 2.45) is 11.8 Å². The second kappa shape index (κ2) is 14.6. The number of amides is 3. The standard InChI is InChI=1S/C24H40N4O7S/c1-7-18(28(15-29)35-19-10-8-9-12-34-19)17(14-16(2)3)21(30)26-20(24(4,32-5)33-6)22(31)27-23-25-11-13-36-23/h11,13,15-20H,7-10,12,14H2,1-6H3,(H,26,30)(H,25,27,31)/t17-,18+,19?,20-/m1/s1. The van der Waals surface area contributed by atoms with E-state index in [-0.39, 0.29) is 5.92 Å². The summed E-state index contributed by atoms with van der Waals surface area (Å²) < 4.78 is 16.6. The van der Waals surface area contributed by atoms with Crippen LogP contribution in [0.5, 0.6) is 0 Å². The van der Waals surface area contributed by atoms with E-state index in [1.54, 1.807) is 18.5 Å². The van der Waals surface area contributed by atoms with E-state index >= 15 is 0 Å². The fourth-order valence-corrected chi connectivity index (χ4v) is 4.70. The normalized spacial score (nSPS) is 18.8. The molecule has 204 valence electrons. The van der Waals surface area contributed by atoms with Gasteiger partial charge in [0, 0.05) is 38.8 Å². The molecule has 2 rings (SSSR count). The van der Waals surface area contributed by atoms with Crippen molar-refractivity contribution in [1.82, 2.24) is 15.4 Å². The summed E-state index contributed by atoms with van der Waals surface area (Å²) >= 11 is 1.25. The summed E-state index contributed by atoms with van der Waals surface area (Å²) in [6, 6.07) is -1.78. The lowest BCUT2D eigenvalue weighted by Crippen LogP contribution is -2.61. The van der Waals surface area contributed by atoms with Gasteiger partial charge in [-0.1, -0.05) is 20.8 Å². The molecule has 1 aromatic heterocycles. The number of nitrogens with zero attached hydrogens (tertiary/aromatic N) is 2. The van der Waals surface area contributed by atoms with E-state index in [1.807, 2.05) is 20.8 Å². The molecular weight excluding hydrogens is 488 g/mol. The number of anilines is 1. The lowest BCUT2D eigenvalue weighted by molar-refractivity contribution is -0.289. The molecule has 2 N–H and O–H groups in total. The van der Waals surface area contributed by atoms with Crippen molar-refractivity contribution >= 4 is 34.7 Å². The molecule has 1 fully saturated rings. The van der Waals surface area contributed by atoms with Crippen molar-refractivity contribution < 1.29 is 33.4 Å². The maximum Gasteiger partial charge on any atom is 0.254 e. The fourth-order valence-electron chi connectivity index (χ4n) is 4.17. The summed E-state index contributed by atoms with van der Waals surface area (Å²) in [5.74, 6) is -2.96. The Morgan fingerprint density at radius 3 is 2.53 bits per heavy atom. The van der Waals surface area contributed by atoms with Gasteiger partial charge in [-0.05, 0) is 38.5 Å². The Balaban J connectivity index is 2.30. The lowest BCUT2D eigenvalue weighted by Gasteiger charge is -2.38. The van der Waals surface area contributed by atoms with Gasteiger partial charge >= 0.3 is 0 Å². The fraction of sp³-hybridized carbons (Fsp3) is 0.750. The van der Waals surface area contributed by atoms with Gasteiger partial charge in [0.1, 0.15) is 0 Å². The molecule has 12 heteroatoms. The Morgan fingerprint density at radius 2 is 2.03 bits per heavy atom. The average Bonchev–Trinajstić information content (AvgIpc) is 3.39. The third-order valence-electron chi connectivity index (χ3n) is 6.30. The van der Waals surface area contributed by atoms with Crippen LogP contribution in [0.2, 0.25) is 0 Å². The zero-order valence-corrected chi connectivity index (χ0v) is 22.8. The van der Waals surface area contributed by atoms with Crippen LogP contribution >= 0.6 is 11.3 Å². The molecule has 2 heterocycles. The number of hydroxylamine groups is 2. The van der Waals surface area contributed by atoms with Crippen LogP contribution in [0.3, 0.4) is 0 Å². The Morgan fingerprint density at radius 1 is 1.31 bits per heavy atom. The molecule has 36 heavy (non-hydrogen) atoms. The molecule has 1 saturated heterocycles. The number of methoxy groups -OCH3 is 2. The van der Waals surface area contributed by atoms with Crippen LogP contribution in [0.25, 0.3) is 0 Å². The van der Waals surface area contributed by atoms with Gasteiger partial charge in [-0.25, -0.2) is 14.9 Å². The Hall–Kier alpha value is -2.12. The number of nitrogens with one attached hydrogen (secondary N) is 2. The summed E-state index contributed by atoms with van der Waals surface area (Å²) in [7, 11) is 2.79. The van der Waals surface area contributed by atoms with Gasteiger partial charge in [0.15, 0.2) is 23.3 Å². The summed E-state index contributed by atoms with van der Waals surface area (Å²) in [5.41, 5.74) is 0. The number of thiazole rings is 1. The molecule has 0 radical (unpaired) electrons. The van der Waals surface area contributed by atoms with Crippen molar-refractivity contribution in [1.29, 1.82) is 0 Å². The lowest BCUT2D eigenvalue weighted by atomic mass is 9.87. The van der Waals surface area contributed by atoms with Crippen molar-refractivity contribution in [2.45, 2.75) is 84.0 Å². The topological polar surface area (TPSA) is 128 Å². The van der Waals surface area contributed by atoms with Gasteiger partial charge < -0.3 is 19.5 Å². The van der Waals surface area contributed by atoms with Crippen LogP contribution in [0.4, 0.5) is 5.13 Å². The van der Waals surface area contributed by atoms with Gasteiger partial charge in [-0.3, -0.25) is 19.7 Å². The molecule has 0 bridgehead atoms. The van der Waals surface area contributed by atoms with E-state index in [2.05, 4.69) is 15.6 Å². The number of carbonyl (C=O) groups is 3. The van der Waals surface area contributed by atoms with Crippen LogP contribution in [0.1, 0.15) is 59.8 Å². The molecular formula is C24H40N4O7S. The highest BCUT2D eigenvalue weighted by molar-refractivity contribution is 7.13. The molecule has 0 saturated carbocycles. The minimum atomic E-state index is -1.46. The Bertz CT molecular complexity index is 813. The van der Waals surface area contributed by atoms with Crippen molar-refractivity contribution in [2.75, 3.05) is 26.1 Å². The van der Waals surface area contributed by atoms with Crippen molar-refractivity contribution in [3.8, 4) is 0 Å². The molecule has 1 unspecified atom stereocenters. The molecule has 0 spiro atoms. The second-order valence-corrected chi connectivity index (χ2v) is 10.2. The molecule has 1 aromatic rings. The van der Waals surface area contributed by atoms with E-state index in [0.717, 1.165) is 12.8 Å². The minimum Gasteiger partial charge on any atom is -0.351 e. The molecule has 0 aliphatic carbocycles. The van der Waals surface area contributed by atoms with E-state index in [0.29, 0.717) is 37.4 Å². The number of rotatable bonds is 15. The molecule has 4 atom stereocenters. The predicted molar refractivity (Wildman–Crippen MR) is 135 cm³/mol. The van der Waals surface area contributed by atoms with Crippen LogP contribution in [-0.2, 0) is 33.4 Å². The number of hydrogen-bond donors (Lipinski definition) is 2. The van der Waals surface area contributed by atoms with Gasteiger partial charge in [0.2, 0.25) is 12.3 Å². The first-order chi connectivity index (χ1) is 17.2. The number of carbonyl (C=O) groups excluding carboxylic acids is 3. The molecule has 1 aliphatic rings. The maximum absolute atomic E-state index is 13.7. The van der Waals surface area contributed by atoms with Crippen LogP contribution in [-0.4, -0.2) is 73.3 Å². The van der Waals surface area contributed by atoms with Crippen LogP contribution in [0, 0.1) is 11.8 Å². The highest BCUT2D eigenvalue weighted by atomic mass is 32.1. The smallest absolute Gasteiger partial charge is 0.254 e. The highest BCUT2D eigenvalue weighted by Gasteiger charge is 2.44. The first-order valence-corrected chi connectivity index (χ1v) is 13.2. The average molecular weight is 529 g/mol.